The fourth-order valence-electron chi connectivity index (χ4n) is 1.72. The van der Waals surface area contributed by atoms with E-state index in [0.29, 0.717) is 6.04 Å². The average molecular weight is 216 g/mol. The molecule has 72 valence electrons. The smallest absolute Gasteiger partial charge is 0.0545 e. The molecular weight excluding hydrogens is 202 g/mol. The Hall–Kier alpha value is -0.0500. The second-order valence-electron chi connectivity index (χ2n) is 3.75. The van der Waals surface area contributed by atoms with Gasteiger partial charge in [-0.05, 0) is 36.6 Å². The number of rotatable bonds is 3. The molecule has 1 nitrogen and oxygen atoms in total. The monoisotopic (exact) mass is 215 g/mol. The lowest BCUT2D eigenvalue weighted by atomic mass is 9.79. The summed E-state index contributed by atoms with van der Waals surface area (Å²) in [6.07, 6.45) is 4.94. The van der Waals surface area contributed by atoms with Crippen molar-refractivity contribution in [2.75, 3.05) is 0 Å². The molecular formula is C10H14ClNS. The quantitative estimate of drug-likeness (QED) is 0.824. The maximum absolute atomic E-state index is 6.09. The molecule has 13 heavy (non-hydrogen) atoms. The Kier molecular flexibility index (Phi) is 2.92. The molecule has 1 heterocycles. The number of thiophene rings is 1. The fourth-order valence-corrected chi connectivity index (χ4v) is 2.91. The van der Waals surface area contributed by atoms with Crippen molar-refractivity contribution in [3.05, 3.63) is 21.3 Å². The van der Waals surface area contributed by atoms with Gasteiger partial charge in [0.25, 0.3) is 0 Å². The minimum Gasteiger partial charge on any atom is -0.327 e. The van der Waals surface area contributed by atoms with Crippen LogP contribution in [0.1, 0.15) is 24.1 Å². The van der Waals surface area contributed by atoms with Crippen molar-refractivity contribution >= 4 is 22.9 Å². The Morgan fingerprint density at radius 3 is 2.85 bits per heavy atom. The van der Waals surface area contributed by atoms with Crippen LogP contribution in [-0.2, 0) is 6.42 Å². The van der Waals surface area contributed by atoms with Crippen LogP contribution in [0.2, 0.25) is 5.02 Å². The molecule has 1 unspecified atom stereocenters. The number of halogens is 1. The van der Waals surface area contributed by atoms with Gasteiger partial charge < -0.3 is 5.73 Å². The number of nitrogens with two attached hydrogens (primary N) is 1. The molecule has 2 N–H and O–H groups in total. The molecule has 2 rings (SSSR count). The first-order valence-corrected chi connectivity index (χ1v) is 6.00. The maximum Gasteiger partial charge on any atom is 0.0545 e. The van der Waals surface area contributed by atoms with Gasteiger partial charge in [-0.15, -0.1) is 11.3 Å². The van der Waals surface area contributed by atoms with Gasteiger partial charge in [0.2, 0.25) is 0 Å². The first kappa shape index (κ1) is 9.50. The molecule has 0 aliphatic heterocycles. The van der Waals surface area contributed by atoms with Crippen LogP contribution in [0.4, 0.5) is 0 Å². The van der Waals surface area contributed by atoms with Gasteiger partial charge in [0.1, 0.15) is 0 Å². The first-order chi connectivity index (χ1) is 6.27. The zero-order valence-electron chi connectivity index (χ0n) is 7.50. The summed E-state index contributed by atoms with van der Waals surface area (Å²) in [5.74, 6) is 0.748. The van der Waals surface area contributed by atoms with Crippen LogP contribution in [0.15, 0.2) is 11.4 Å². The van der Waals surface area contributed by atoms with E-state index in [9.17, 15) is 0 Å². The van der Waals surface area contributed by atoms with Crippen molar-refractivity contribution < 1.29 is 0 Å². The largest absolute Gasteiger partial charge is 0.327 e. The summed E-state index contributed by atoms with van der Waals surface area (Å²) in [6.45, 7) is 0. The minimum absolute atomic E-state index is 0.324. The van der Waals surface area contributed by atoms with Gasteiger partial charge in [0, 0.05) is 10.9 Å². The molecule has 0 saturated heterocycles. The van der Waals surface area contributed by atoms with E-state index in [1.165, 1.54) is 24.1 Å². The van der Waals surface area contributed by atoms with Gasteiger partial charge in [-0.1, -0.05) is 18.0 Å². The van der Waals surface area contributed by atoms with Gasteiger partial charge in [-0.25, -0.2) is 0 Å². The minimum atomic E-state index is 0.324. The van der Waals surface area contributed by atoms with E-state index in [1.807, 2.05) is 11.4 Å². The van der Waals surface area contributed by atoms with Gasteiger partial charge in [-0.2, -0.15) is 0 Å². The van der Waals surface area contributed by atoms with Crippen LogP contribution in [0.25, 0.3) is 0 Å². The van der Waals surface area contributed by atoms with Crippen molar-refractivity contribution in [3.8, 4) is 0 Å². The van der Waals surface area contributed by atoms with Crippen LogP contribution >= 0.6 is 22.9 Å². The highest BCUT2D eigenvalue weighted by atomic mass is 35.5. The summed E-state index contributed by atoms with van der Waals surface area (Å²) in [4.78, 5) is 1.25. The third-order valence-electron chi connectivity index (χ3n) is 2.87. The zero-order valence-corrected chi connectivity index (χ0v) is 9.07. The van der Waals surface area contributed by atoms with E-state index in [0.717, 1.165) is 17.4 Å². The summed E-state index contributed by atoms with van der Waals surface area (Å²) in [6, 6.07) is 2.28. The van der Waals surface area contributed by atoms with Gasteiger partial charge in [-0.3, -0.25) is 0 Å². The summed E-state index contributed by atoms with van der Waals surface area (Å²) in [5, 5.41) is 2.92. The zero-order chi connectivity index (χ0) is 9.26. The highest BCUT2D eigenvalue weighted by molar-refractivity contribution is 7.10. The molecule has 0 amide bonds. The van der Waals surface area contributed by atoms with Crippen molar-refractivity contribution in [1.82, 2.24) is 0 Å². The second kappa shape index (κ2) is 3.99. The summed E-state index contributed by atoms with van der Waals surface area (Å²) in [5.41, 5.74) is 6.09. The Balaban J connectivity index is 1.93. The second-order valence-corrected chi connectivity index (χ2v) is 5.16. The molecule has 1 saturated carbocycles. The predicted octanol–water partition coefficient (Wildman–Crippen LogP) is 3.07. The average Bonchev–Trinajstić information content (AvgIpc) is 2.32. The summed E-state index contributed by atoms with van der Waals surface area (Å²) < 4.78 is 0. The lowest BCUT2D eigenvalue weighted by Gasteiger charge is -2.31. The molecule has 0 spiro atoms. The highest BCUT2D eigenvalue weighted by Crippen LogP contribution is 2.32. The fraction of sp³-hybridized carbons (Fsp3) is 0.600. The molecule has 1 aromatic rings. The molecule has 0 aromatic carbocycles. The third-order valence-corrected chi connectivity index (χ3v) is 4.28. The normalized spacial score (nSPS) is 19.8. The van der Waals surface area contributed by atoms with Gasteiger partial charge in [0.05, 0.1) is 5.02 Å². The number of hydrogen-bond acceptors (Lipinski definition) is 2. The van der Waals surface area contributed by atoms with Crippen molar-refractivity contribution in [2.45, 2.75) is 31.7 Å². The van der Waals surface area contributed by atoms with Crippen molar-refractivity contribution in [3.63, 3.8) is 0 Å². The first-order valence-electron chi connectivity index (χ1n) is 4.75. The molecule has 3 heteroatoms. The van der Waals surface area contributed by atoms with Crippen LogP contribution in [-0.4, -0.2) is 6.04 Å². The van der Waals surface area contributed by atoms with Crippen molar-refractivity contribution in [2.24, 2.45) is 11.7 Å². The van der Waals surface area contributed by atoms with E-state index >= 15 is 0 Å². The predicted molar refractivity (Wildman–Crippen MR) is 58.3 cm³/mol. The number of hydrogen-bond donors (Lipinski definition) is 1. The Morgan fingerprint density at radius 1 is 1.62 bits per heavy atom. The van der Waals surface area contributed by atoms with Crippen LogP contribution in [0, 0.1) is 5.92 Å². The summed E-state index contributed by atoms with van der Waals surface area (Å²) in [7, 11) is 0. The van der Waals surface area contributed by atoms with E-state index in [2.05, 4.69) is 0 Å². The molecule has 1 aliphatic carbocycles. The lowest BCUT2D eigenvalue weighted by molar-refractivity contribution is 0.261. The van der Waals surface area contributed by atoms with Gasteiger partial charge in [0.15, 0.2) is 0 Å². The Bertz CT molecular complexity index is 280. The molecule has 1 atom stereocenters. The molecule has 1 aliphatic rings. The molecule has 0 bridgehead atoms. The SMILES string of the molecule is NC(Cc1sccc1Cl)C1CCC1. The highest BCUT2D eigenvalue weighted by Gasteiger charge is 2.25. The Morgan fingerprint density at radius 2 is 2.38 bits per heavy atom. The topological polar surface area (TPSA) is 26.0 Å². The lowest BCUT2D eigenvalue weighted by Crippen LogP contribution is -2.36. The van der Waals surface area contributed by atoms with E-state index in [1.54, 1.807) is 11.3 Å². The molecule has 1 fully saturated rings. The maximum atomic E-state index is 6.09. The standard InChI is InChI=1S/C10H14ClNS/c11-8-4-5-13-10(8)6-9(12)7-2-1-3-7/h4-5,7,9H,1-3,6,12H2. The van der Waals surface area contributed by atoms with E-state index in [-0.39, 0.29) is 0 Å². The van der Waals surface area contributed by atoms with Crippen molar-refractivity contribution in [1.29, 1.82) is 0 Å². The van der Waals surface area contributed by atoms with Gasteiger partial charge >= 0.3 is 0 Å². The van der Waals surface area contributed by atoms with Crippen LogP contribution in [0.5, 0.6) is 0 Å². The Labute approximate surface area is 87.9 Å². The van der Waals surface area contributed by atoms with Crippen LogP contribution < -0.4 is 5.73 Å². The third kappa shape index (κ3) is 2.06. The summed E-state index contributed by atoms with van der Waals surface area (Å²) >= 11 is 7.72. The van der Waals surface area contributed by atoms with Crippen LogP contribution in [0.3, 0.4) is 0 Å². The van der Waals surface area contributed by atoms with E-state index in [4.69, 9.17) is 17.3 Å². The molecule has 0 radical (unpaired) electrons. The van der Waals surface area contributed by atoms with E-state index < -0.39 is 0 Å². The molecule has 1 aromatic heterocycles.